The van der Waals surface area contributed by atoms with Crippen LogP contribution in [0.25, 0.3) is 0 Å². The summed E-state index contributed by atoms with van der Waals surface area (Å²) in [5.74, 6) is 1.62. The second kappa shape index (κ2) is 10.1. The van der Waals surface area contributed by atoms with Crippen LogP contribution < -0.4 is 15.4 Å². The van der Waals surface area contributed by atoms with Crippen molar-refractivity contribution in [1.29, 1.82) is 0 Å². The summed E-state index contributed by atoms with van der Waals surface area (Å²) in [6.07, 6.45) is 1.58. The molecule has 0 aliphatic carbocycles. The highest BCUT2D eigenvalue weighted by Crippen LogP contribution is 2.23. The van der Waals surface area contributed by atoms with Crippen molar-refractivity contribution in [3.8, 4) is 11.5 Å². The van der Waals surface area contributed by atoms with Crippen LogP contribution in [0.4, 0.5) is 5.69 Å². The fraction of sp³-hybridized carbons (Fsp3) is 0.391. The molecule has 0 bridgehead atoms. The Hall–Kier alpha value is -2.86. The molecule has 0 saturated carbocycles. The van der Waals surface area contributed by atoms with E-state index in [1.54, 1.807) is 0 Å². The standard InChI is InChI=1S/C23H29N3O3/c1-17(2)24-23(28)18-12-14-26(15-13-18)16-22(27)25-19-8-10-21(11-9-19)29-20-6-4-3-5-7-20/h3-11,17-18H,12-16H2,1-2H3,(H,24,28)(H,25,27). The van der Waals surface area contributed by atoms with Gasteiger partial charge in [-0.1, -0.05) is 18.2 Å². The van der Waals surface area contributed by atoms with Crippen molar-refractivity contribution in [2.75, 3.05) is 25.0 Å². The summed E-state index contributed by atoms with van der Waals surface area (Å²) < 4.78 is 5.76. The minimum atomic E-state index is -0.0493. The molecule has 0 atom stereocenters. The van der Waals surface area contributed by atoms with Gasteiger partial charge in [-0.25, -0.2) is 0 Å². The van der Waals surface area contributed by atoms with Crippen LogP contribution >= 0.6 is 0 Å². The summed E-state index contributed by atoms with van der Waals surface area (Å²) in [5, 5.41) is 5.90. The van der Waals surface area contributed by atoms with Crippen molar-refractivity contribution in [1.82, 2.24) is 10.2 Å². The summed E-state index contributed by atoms with van der Waals surface area (Å²) >= 11 is 0. The number of likely N-dealkylation sites (tertiary alicyclic amines) is 1. The van der Waals surface area contributed by atoms with E-state index in [0.29, 0.717) is 6.54 Å². The van der Waals surface area contributed by atoms with Gasteiger partial charge < -0.3 is 15.4 Å². The summed E-state index contributed by atoms with van der Waals surface area (Å²) in [6.45, 7) is 5.79. The van der Waals surface area contributed by atoms with Crippen LogP contribution in [0.15, 0.2) is 54.6 Å². The molecule has 3 rings (SSSR count). The number of para-hydroxylation sites is 1. The fourth-order valence-corrected chi connectivity index (χ4v) is 3.39. The molecule has 154 valence electrons. The number of piperidine rings is 1. The van der Waals surface area contributed by atoms with Gasteiger partial charge in [0.15, 0.2) is 0 Å². The number of hydrogen-bond acceptors (Lipinski definition) is 4. The van der Waals surface area contributed by atoms with Gasteiger partial charge in [0.25, 0.3) is 0 Å². The Morgan fingerprint density at radius 1 is 1.00 bits per heavy atom. The van der Waals surface area contributed by atoms with Crippen LogP contribution in [0.2, 0.25) is 0 Å². The smallest absolute Gasteiger partial charge is 0.238 e. The molecule has 1 fully saturated rings. The Kier molecular flexibility index (Phi) is 7.25. The molecule has 29 heavy (non-hydrogen) atoms. The molecule has 0 unspecified atom stereocenters. The minimum absolute atomic E-state index is 0.0493. The van der Waals surface area contributed by atoms with Crippen molar-refractivity contribution < 1.29 is 14.3 Å². The number of rotatable bonds is 7. The van der Waals surface area contributed by atoms with Crippen molar-refractivity contribution in [2.45, 2.75) is 32.7 Å². The third kappa shape index (κ3) is 6.61. The Morgan fingerprint density at radius 2 is 1.62 bits per heavy atom. The molecule has 1 aliphatic rings. The van der Waals surface area contributed by atoms with Gasteiger partial charge in [-0.15, -0.1) is 0 Å². The third-order valence-electron chi connectivity index (χ3n) is 4.87. The highest BCUT2D eigenvalue weighted by molar-refractivity contribution is 5.92. The topological polar surface area (TPSA) is 70.7 Å². The number of benzene rings is 2. The lowest BCUT2D eigenvalue weighted by Gasteiger charge is -2.31. The van der Waals surface area contributed by atoms with Crippen molar-refractivity contribution >= 4 is 17.5 Å². The number of ether oxygens (including phenoxy) is 1. The van der Waals surface area contributed by atoms with E-state index >= 15 is 0 Å². The van der Waals surface area contributed by atoms with E-state index in [-0.39, 0.29) is 23.8 Å². The Balaban J connectivity index is 1.42. The average molecular weight is 396 g/mol. The molecule has 1 saturated heterocycles. The van der Waals surface area contributed by atoms with Crippen molar-refractivity contribution in [3.05, 3.63) is 54.6 Å². The minimum Gasteiger partial charge on any atom is -0.457 e. The van der Waals surface area contributed by atoms with E-state index in [1.165, 1.54) is 0 Å². The summed E-state index contributed by atoms with van der Waals surface area (Å²) in [6, 6.07) is 17.1. The number of hydrogen-bond donors (Lipinski definition) is 2. The number of nitrogens with zero attached hydrogens (tertiary/aromatic N) is 1. The normalized spacial score (nSPS) is 15.1. The van der Waals surface area contributed by atoms with Crippen LogP contribution in [0.3, 0.4) is 0 Å². The monoisotopic (exact) mass is 395 g/mol. The average Bonchev–Trinajstić information content (AvgIpc) is 2.70. The maximum atomic E-state index is 12.4. The number of nitrogens with one attached hydrogen (secondary N) is 2. The van der Waals surface area contributed by atoms with E-state index in [0.717, 1.165) is 43.1 Å². The quantitative estimate of drug-likeness (QED) is 0.751. The van der Waals surface area contributed by atoms with E-state index in [4.69, 9.17) is 4.74 Å². The van der Waals surface area contributed by atoms with Gasteiger partial charge in [-0.3, -0.25) is 14.5 Å². The maximum Gasteiger partial charge on any atom is 0.238 e. The van der Waals surface area contributed by atoms with E-state index in [2.05, 4.69) is 15.5 Å². The van der Waals surface area contributed by atoms with Crippen LogP contribution in [0, 0.1) is 5.92 Å². The fourth-order valence-electron chi connectivity index (χ4n) is 3.39. The molecule has 0 radical (unpaired) electrons. The predicted molar refractivity (Wildman–Crippen MR) is 114 cm³/mol. The molecule has 1 aliphatic heterocycles. The summed E-state index contributed by atoms with van der Waals surface area (Å²) in [5.41, 5.74) is 0.738. The van der Waals surface area contributed by atoms with Gasteiger partial charge in [0, 0.05) is 17.6 Å². The third-order valence-corrected chi connectivity index (χ3v) is 4.87. The van der Waals surface area contributed by atoms with Crippen LogP contribution in [-0.2, 0) is 9.59 Å². The van der Waals surface area contributed by atoms with Crippen LogP contribution in [0.1, 0.15) is 26.7 Å². The van der Waals surface area contributed by atoms with E-state index in [1.807, 2.05) is 68.4 Å². The first-order valence-corrected chi connectivity index (χ1v) is 10.1. The molecule has 2 aromatic carbocycles. The molecular formula is C23H29N3O3. The highest BCUT2D eigenvalue weighted by Gasteiger charge is 2.26. The molecule has 6 heteroatoms. The van der Waals surface area contributed by atoms with Gasteiger partial charge in [0.1, 0.15) is 11.5 Å². The molecule has 2 N–H and O–H groups in total. The zero-order valence-corrected chi connectivity index (χ0v) is 17.1. The lowest BCUT2D eigenvalue weighted by atomic mass is 9.95. The SMILES string of the molecule is CC(C)NC(=O)C1CCN(CC(=O)Nc2ccc(Oc3ccccc3)cc2)CC1. The van der Waals surface area contributed by atoms with Gasteiger partial charge in [0.05, 0.1) is 6.54 Å². The molecule has 1 heterocycles. The first-order valence-electron chi connectivity index (χ1n) is 10.1. The molecule has 0 spiro atoms. The van der Waals surface area contributed by atoms with Crippen LogP contribution in [-0.4, -0.2) is 42.4 Å². The van der Waals surface area contributed by atoms with Gasteiger partial charge in [0.2, 0.25) is 11.8 Å². The number of carbonyl (C=O) groups is 2. The Bertz CT molecular complexity index is 798. The largest absolute Gasteiger partial charge is 0.457 e. The molecule has 0 aromatic heterocycles. The van der Waals surface area contributed by atoms with Gasteiger partial charge in [-0.2, -0.15) is 0 Å². The van der Waals surface area contributed by atoms with Gasteiger partial charge >= 0.3 is 0 Å². The Labute approximate surface area is 172 Å². The second-order valence-electron chi connectivity index (χ2n) is 7.70. The summed E-state index contributed by atoms with van der Waals surface area (Å²) in [7, 11) is 0. The van der Waals surface area contributed by atoms with E-state index in [9.17, 15) is 9.59 Å². The first kappa shape index (κ1) is 20.9. The molecule has 6 nitrogen and oxygen atoms in total. The lowest BCUT2D eigenvalue weighted by Crippen LogP contribution is -2.44. The zero-order valence-electron chi connectivity index (χ0n) is 17.1. The van der Waals surface area contributed by atoms with Crippen LogP contribution in [0.5, 0.6) is 11.5 Å². The second-order valence-corrected chi connectivity index (χ2v) is 7.70. The maximum absolute atomic E-state index is 12.4. The highest BCUT2D eigenvalue weighted by atomic mass is 16.5. The molecular weight excluding hydrogens is 366 g/mol. The number of carbonyl (C=O) groups excluding carboxylic acids is 2. The molecule has 2 amide bonds. The predicted octanol–water partition coefficient (Wildman–Crippen LogP) is 3.65. The van der Waals surface area contributed by atoms with Crippen molar-refractivity contribution in [2.24, 2.45) is 5.92 Å². The lowest BCUT2D eigenvalue weighted by molar-refractivity contribution is -0.127. The summed E-state index contributed by atoms with van der Waals surface area (Å²) in [4.78, 5) is 26.6. The number of anilines is 1. The first-order chi connectivity index (χ1) is 14.0. The van der Waals surface area contributed by atoms with Crippen molar-refractivity contribution in [3.63, 3.8) is 0 Å². The van der Waals surface area contributed by atoms with Gasteiger partial charge in [-0.05, 0) is 76.2 Å². The Morgan fingerprint density at radius 3 is 2.24 bits per heavy atom. The molecule has 2 aromatic rings. The van der Waals surface area contributed by atoms with E-state index < -0.39 is 0 Å². The zero-order chi connectivity index (χ0) is 20.6. The number of amides is 2.